The molecule has 0 fully saturated rings. The van der Waals surface area contributed by atoms with E-state index in [1.165, 1.54) is 13.8 Å². The standard InChI is InChI=1S/C21H30F4O10/c1-6-14(20(22,23)18(29)31-8-3)34-16(27)13(10-11-33-12(5)26)17(28)35-15(7-2)21(24,25)19(30)32-9-4/h13-15H,6-11H2,1-5H3. The van der Waals surface area contributed by atoms with Crippen molar-refractivity contribution in [2.45, 2.75) is 77.9 Å². The molecular weight excluding hydrogens is 488 g/mol. The lowest BCUT2D eigenvalue weighted by Crippen LogP contribution is -2.48. The Morgan fingerprint density at radius 3 is 1.34 bits per heavy atom. The maximum absolute atomic E-state index is 14.3. The van der Waals surface area contributed by atoms with Crippen molar-refractivity contribution in [3.8, 4) is 0 Å². The van der Waals surface area contributed by atoms with Crippen LogP contribution in [0.15, 0.2) is 0 Å². The maximum Gasteiger partial charge on any atom is 0.381 e. The lowest BCUT2D eigenvalue weighted by Gasteiger charge is -2.27. The fraction of sp³-hybridized carbons (Fsp3) is 0.762. The van der Waals surface area contributed by atoms with Gasteiger partial charge in [-0.2, -0.15) is 17.6 Å². The molecule has 14 heteroatoms. The van der Waals surface area contributed by atoms with Crippen LogP contribution >= 0.6 is 0 Å². The molecule has 0 aliphatic carbocycles. The molecule has 0 bridgehead atoms. The third-order valence-electron chi connectivity index (χ3n) is 4.44. The summed E-state index contributed by atoms with van der Waals surface area (Å²) in [5, 5.41) is 0. The number of ether oxygens (including phenoxy) is 5. The highest BCUT2D eigenvalue weighted by Gasteiger charge is 2.53. The zero-order valence-electron chi connectivity index (χ0n) is 20.1. The molecule has 0 aliphatic heterocycles. The molecule has 0 spiro atoms. The number of carbonyl (C=O) groups excluding carboxylic acids is 5. The van der Waals surface area contributed by atoms with E-state index < -0.39 is 85.7 Å². The van der Waals surface area contributed by atoms with Gasteiger partial charge in [0, 0.05) is 13.3 Å². The van der Waals surface area contributed by atoms with E-state index in [4.69, 9.17) is 0 Å². The number of hydrogen-bond acceptors (Lipinski definition) is 10. The monoisotopic (exact) mass is 518 g/mol. The minimum absolute atomic E-state index is 0.386. The van der Waals surface area contributed by atoms with E-state index in [1.54, 1.807) is 0 Å². The zero-order valence-corrected chi connectivity index (χ0v) is 20.1. The fourth-order valence-electron chi connectivity index (χ4n) is 2.64. The van der Waals surface area contributed by atoms with E-state index in [-0.39, 0.29) is 13.2 Å². The molecule has 35 heavy (non-hydrogen) atoms. The first-order valence-corrected chi connectivity index (χ1v) is 10.8. The van der Waals surface area contributed by atoms with Crippen molar-refractivity contribution >= 4 is 29.8 Å². The van der Waals surface area contributed by atoms with Crippen molar-refractivity contribution in [2.75, 3.05) is 19.8 Å². The van der Waals surface area contributed by atoms with Crippen LogP contribution in [0.5, 0.6) is 0 Å². The average molecular weight is 518 g/mol. The first kappa shape index (κ1) is 32.1. The predicted molar refractivity (Wildman–Crippen MR) is 108 cm³/mol. The highest BCUT2D eigenvalue weighted by atomic mass is 19.3. The second kappa shape index (κ2) is 14.5. The molecule has 0 saturated carbocycles. The van der Waals surface area contributed by atoms with Gasteiger partial charge in [0.2, 0.25) is 0 Å². The predicted octanol–water partition coefficient (Wildman–Crippen LogP) is 2.60. The molecule has 0 aliphatic rings. The van der Waals surface area contributed by atoms with Crippen molar-refractivity contribution in [2.24, 2.45) is 5.92 Å². The van der Waals surface area contributed by atoms with Crippen LogP contribution in [0, 0.1) is 5.92 Å². The highest BCUT2D eigenvalue weighted by Crippen LogP contribution is 2.29. The van der Waals surface area contributed by atoms with E-state index >= 15 is 0 Å². The molecule has 10 nitrogen and oxygen atoms in total. The van der Waals surface area contributed by atoms with Crippen molar-refractivity contribution in [3.05, 3.63) is 0 Å². The van der Waals surface area contributed by atoms with Crippen LogP contribution in [0.1, 0.15) is 53.9 Å². The topological polar surface area (TPSA) is 132 Å². The summed E-state index contributed by atoms with van der Waals surface area (Å²) in [6.45, 7) is 4.50. The molecule has 0 rings (SSSR count). The minimum atomic E-state index is -4.28. The SMILES string of the molecule is CCOC(=O)C(F)(F)C(CC)OC(=O)C(CCOC(C)=O)C(=O)OC(CC)C(F)(F)C(=O)OCC. The summed E-state index contributed by atoms with van der Waals surface area (Å²) in [4.78, 5) is 59.3. The highest BCUT2D eigenvalue weighted by molar-refractivity contribution is 5.95. The Balaban J connectivity index is 5.82. The minimum Gasteiger partial charge on any atom is -0.466 e. The van der Waals surface area contributed by atoms with Gasteiger partial charge in [-0.05, 0) is 26.7 Å². The molecule has 0 N–H and O–H groups in total. The Morgan fingerprint density at radius 1 is 0.686 bits per heavy atom. The number of alkyl halides is 4. The summed E-state index contributed by atoms with van der Waals surface area (Å²) in [6.07, 6.45) is -6.56. The van der Waals surface area contributed by atoms with Gasteiger partial charge in [-0.1, -0.05) is 13.8 Å². The smallest absolute Gasteiger partial charge is 0.381 e. The van der Waals surface area contributed by atoms with Crippen molar-refractivity contribution < 1.29 is 65.2 Å². The summed E-state index contributed by atoms with van der Waals surface area (Å²) in [5.74, 6) is -18.7. The molecular formula is C21H30F4O10. The van der Waals surface area contributed by atoms with Crippen molar-refractivity contribution in [1.82, 2.24) is 0 Å². The van der Waals surface area contributed by atoms with Gasteiger partial charge in [-0.25, -0.2) is 9.59 Å². The first-order chi connectivity index (χ1) is 16.2. The summed E-state index contributed by atoms with van der Waals surface area (Å²) >= 11 is 0. The molecule has 0 saturated heterocycles. The molecule has 0 aromatic carbocycles. The van der Waals surface area contributed by atoms with Gasteiger partial charge in [0.25, 0.3) is 0 Å². The molecule has 0 aromatic rings. The van der Waals surface area contributed by atoms with Gasteiger partial charge in [0.15, 0.2) is 18.1 Å². The van der Waals surface area contributed by atoms with E-state index in [1.807, 2.05) is 0 Å². The number of carbonyl (C=O) groups is 5. The first-order valence-electron chi connectivity index (χ1n) is 10.8. The van der Waals surface area contributed by atoms with Crippen LogP contribution in [0.4, 0.5) is 17.6 Å². The lowest BCUT2D eigenvalue weighted by atomic mass is 10.0. The van der Waals surface area contributed by atoms with Gasteiger partial charge in [-0.15, -0.1) is 0 Å². The third-order valence-corrected chi connectivity index (χ3v) is 4.44. The molecule has 0 heterocycles. The Labute approximate surface area is 199 Å². The number of rotatable bonds is 15. The second-order valence-electron chi connectivity index (χ2n) is 7.04. The van der Waals surface area contributed by atoms with Gasteiger partial charge < -0.3 is 23.7 Å². The summed E-state index contributed by atoms with van der Waals surface area (Å²) in [6, 6.07) is 0. The largest absolute Gasteiger partial charge is 0.466 e. The number of halogens is 4. The van der Waals surface area contributed by atoms with Gasteiger partial charge in [0.1, 0.15) is 0 Å². The van der Waals surface area contributed by atoms with E-state index in [0.29, 0.717) is 0 Å². The fourth-order valence-corrected chi connectivity index (χ4v) is 2.64. The molecule has 0 aromatic heterocycles. The Hall–Kier alpha value is -2.93. The Kier molecular flexibility index (Phi) is 13.3. The van der Waals surface area contributed by atoms with Crippen molar-refractivity contribution in [1.29, 1.82) is 0 Å². The van der Waals surface area contributed by atoms with Gasteiger partial charge in [-0.3, -0.25) is 14.4 Å². The molecule has 202 valence electrons. The van der Waals surface area contributed by atoms with Gasteiger partial charge in [0.05, 0.1) is 19.8 Å². The average Bonchev–Trinajstić information content (AvgIpc) is 2.77. The van der Waals surface area contributed by atoms with Crippen LogP contribution < -0.4 is 0 Å². The van der Waals surface area contributed by atoms with E-state index in [0.717, 1.165) is 20.8 Å². The van der Waals surface area contributed by atoms with Crippen LogP contribution in [0.3, 0.4) is 0 Å². The molecule has 2 atom stereocenters. The maximum atomic E-state index is 14.3. The van der Waals surface area contributed by atoms with Crippen LogP contribution in [0.2, 0.25) is 0 Å². The Morgan fingerprint density at radius 2 is 1.06 bits per heavy atom. The van der Waals surface area contributed by atoms with Crippen LogP contribution in [-0.2, 0) is 47.7 Å². The molecule has 0 radical (unpaired) electrons. The number of hydrogen-bond donors (Lipinski definition) is 0. The molecule has 0 amide bonds. The normalized spacial score (nSPS) is 14.2. The zero-order chi connectivity index (χ0) is 27.4. The quantitative estimate of drug-likeness (QED) is 0.138. The van der Waals surface area contributed by atoms with Crippen LogP contribution in [-0.4, -0.2) is 73.7 Å². The van der Waals surface area contributed by atoms with E-state index in [9.17, 15) is 41.5 Å². The summed E-state index contributed by atoms with van der Waals surface area (Å²) < 4.78 is 79.8. The summed E-state index contributed by atoms with van der Waals surface area (Å²) in [5.41, 5.74) is 0. The van der Waals surface area contributed by atoms with E-state index in [2.05, 4.69) is 23.7 Å². The summed E-state index contributed by atoms with van der Waals surface area (Å²) in [7, 11) is 0. The lowest BCUT2D eigenvalue weighted by molar-refractivity contribution is -0.206. The number of esters is 5. The third kappa shape index (κ3) is 9.32. The van der Waals surface area contributed by atoms with Crippen molar-refractivity contribution in [3.63, 3.8) is 0 Å². The van der Waals surface area contributed by atoms with Gasteiger partial charge >= 0.3 is 41.7 Å². The molecule has 2 unspecified atom stereocenters. The second-order valence-corrected chi connectivity index (χ2v) is 7.04. The van der Waals surface area contributed by atoms with Crippen LogP contribution in [0.25, 0.3) is 0 Å². The Bertz CT molecular complexity index is 704.